The van der Waals surface area contributed by atoms with E-state index < -0.39 is 28.9 Å². The number of carbonyl (C=O) groups excluding carboxylic acids is 3. The number of ether oxygens (including phenoxy) is 1. The zero-order valence-corrected chi connectivity index (χ0v) is 35.7. The number of carboxylic acid groups (broad SMARTS) is 1. The van der Waals surface area contributed by atoms with Crippen molar-refractivity contribution < 1.29 is 34.1 Å². The Morgan fingerprint density at radius 2 is 1.60 bits per heavy atom. The second-order valence-electron chi connectivity index (χ2n) is 20.9. The number of aliphatic carboxylic acids is 1. The summed E-state index contributed by atoms with van der Waals surface area (Å²) in [5.41, 5.74) is 0.603. The Kier molecular flexibility index (Phi) is 11.1. The third kappa shape index (κ3) is 7.34. The summed E-state index contributed by atoms with van der Waals surface area (Å²) in [4.78, 5) is 53.9. The largest absolute Gasteiger partial charge is 0.481 e. The molecule has 1 unspecified atom stereocenters. The zero-order valence-electron chi connectivity index (χ0n) is 35.0. The minimum absolute atomic E-state index is 0.0577. The van der Waals surface area contributed by atoms with E-state index in [1.165, 1.54) is 5.57 Å². The van der Waals surface area contributed by atoms with Crippen molar-refractivity contribution in [3.05, 3.63) is 46.0 Å². The maximum atomic E-state index is 14.3. The Bertz CT molecular complexity index is 1720. The van der Waals surface area contributed by atoms with Gasteiger partial charge in [0.15, 0.2) is 5.78 Å². The predicted molar refractivity (Wildman–Crippen MR) is 214 cm³/mol. The van der Waals surface area contributed by atoms with E-state index >= 15 is 0 Å². The fourth-order valence-corrected chi connectivity index (χ4v) is 12.9. The van der Waals surface area contributed by atoms with Crippen molar-refractivity contribution in [1.29, 1.82) is 0 Å². The molecule has 0 radical (unpaired) electrons. The molecule has 0 bridgehead atoms. The molecule has 0 aliphatic heterocycles. The third-order valence-corrected chi connectivity index (χ3v) is 16.0. The third-order valence-electron chi connectivity index (χ3n) is 15.7. The fraction of sp³-hybridized carbons (Fsp3) is 0.739. The first-order valence-corrected chi connectivity index (χ1v) is 21.2. The molecule has 8 nitrogen and oxygen atoms in total. The molecule has 0 spiro atoms. The summed E-state index contributed by atoms with van der Waals surface area (Å²) in [5, 5.41) is 22.7. The van der Waals surface area contributed by atoms with Crippen LogP contribution in [0.1, 0.15) is 133 Å². The van der Waals surface area contributed by atoms with Gasteiger partial charge in [0.25, 0.3) is 0 Å². The number of fused-ring (bicyclic) bond motifs is 7. The molecule has 0 aromatic heterocycles. The Labute approximate surface area is 334 Å². The summed E-state index contributed by atoms with van der Waals surface area (Å²) < 4.78 is 6.18. The number of Topliss-reactive ketones (excluding diaryl/α,β-unsaturated/α-hetero) is 1. The molecule has 4 fully saturated rings. The molecule has 10 atom stereocenters. The van der Waals surface area contributed by atoms with Gasteiger partial charge in [-0.15, -0.1) is 0 Å². The minimum atomic E-state index is -1.18. The molecule has 5 aliphatic carbocycles. The van der Waals surface area contributed by atoms with Crippen LogP contribution in [-0.2, 0) is 30.5 Å². The summed E-state index contributed by atoms with van der Waals surface area (Å²) >= 11 is 6.14. The highest BCUT2D eigenvalue weighted by atomic mass is 35.5. The summed E-state index contributed by atoms with van der Waals surface area (Å²) in [6, 6.07) is 7.45. The summed E-state index contributed by atoms with van der Waals surface area (Å²) in [6.45, 7) is 21.0. The van der Waals surface area contributed by atoms with Crippen LogP contribution < -0.4 is 0 Å². The average molecular weight is 780 g/mol. The molecule has 4 saturated carbocycles. The maximum Gasteiger partial charge on any atom is 0.309 e. The van der Waals surface area contributed by atoms with Gasteiger partial charge in [0, 0.05) is 47.9 Å². The first kappa shape index (κ1) is 41.9. The van der Waals surface area contributed by atoms with Gasteiger partial charge >= 0.3 is 11.9 Å². The molecule has 5 aliphatic rings. The number of aliphatic hydroxyl groups excluding tert-OH is 1. The van der Waals surface area contributed by atoms with Crippen LogP contribution in [0.5, 0.6) is 0 Å². The average Bonchev–Trinajstić information content (AvgIpc) is 3.40. The number of ketones is 1. The second-order valence-corrected chi connectivity index (χ2v) is 21.3. The van der Waals surface area contributed by atoms with Crippen LogP contribution in [0.15, 0.2) is 35.4 Å². The van der Waals surface area contributed by atoms with Gasteiger partial charge in [-0.1, -0.05) is 77.8 Å². The summed E-state index contributed by atoms with van der Waals surface area (Å²) in [5.74, 6) is 0.852. The van der Waals surface area contributed by atoms with E-state index in [0.29, 0.717) is 47.6 Å². The van der Waals surface area contributed by atoms with E-state index in [1.54, 1.807) is 25.7 Å². The monoisotopic (exact) mass is 779 g/mol. The number of benzene rings is 1. The number of hydrogen-bond acceptors (Lipinski definition) is 6. The molecule has 304 valence electrons. The number of carbonyl (C=O) groups is 4. The smallest absolute Gasteiger partial charge is 0.309 e. The van der Waals surface area contributed by atoms with Gasteiger partial charge in [0.05, 0.1) is 17.9 Å². The van der Waals surface area contributed by atoms with E-state index in [9.17, 15) is 29.4 Å². The van der Waals surface area contributed by atoms with Gasteiger partial charge in [-0.05, 0) is 123 Å². The van der Waals surface area contributed by atoms with Crippen molar-refractivity contribution in [2.45, 2.75) is 146 Å². The quantitative estimate of drug-likeness (QED) is 0.240. The normalized spacial score (nSPS) is 34.8. The van der Waals surface area contributed by atoms with E-state index in [-0.39, 0.29) is 52.9 Å². The Morgan fingerprint density at radius 1 is 0.964 bits per heavy atom. The lowest BCUT2D eigenvalue weighted by molar-refractivity contribution is -0.197. The highest BCUT2D eigenvalue weighted by molar-refractivity contribution is 6.30. The number of nitrogens with zero attached hydrogens (tertiary/aromatic N) is 1. The van der Waals surface area contributed by atoms with Crippen LogP contribution in [0.25, 0.3) is 0 Å². The molecule has 6 rings (SSSR count). The van der Waals surface area contributed by atoms with Gasteiger partial charge in [0.1, 0.15) is 6.10 Å². The lowest BCUT2D eigenvalue weighted by Gasteiger charge is -2.66. The van der Waals surface area contributed by atoms with E-state index in [2.05, 4.69) is 48.5 Å². The number of aliphatic hydroxyl groups is 1. The number of hydrogen-bond donors (Lipinski definition) is 2. The topological polar surface area (TPSA) is 121 Å². The molecule has 1 amide bonds. The van der Waals surface area contributed by atoms with Crippen LogP contribution in [0.2, 0.25) is 5.02 Å². The van der Waals surface area contributed by atoms with Gasteiger partial charge in [-0.2, -0.15) is 0 Å². The lowest BCUT2D eigenvalue weighted by Crippen LogP contribution is -2.61. The Morgan fingerprint density at radius 3 is 2.20 bits per heavy atom. The van der Waals surface area contributed by atoms with Crippen molar-refractivity contribution in [3.63, 3.8) is 0 Å². The summed E-state index contributed by atoms with van der Waals surface area (Å²) in [7, 11) is 0. The van der Waals surface area contributed by atoms with Gasteiger partial charge < -0.3 is 19.8 Å². The Balaban J connectivity index is 1.28. The Hall–Kier alpha value is -2.71. The minimum Gasteiger partial charge on any atom is -0.481 e. The van der Waals surface area contributed by atoms with Gasteiger partial charge in [-0.3, -0.25) is 19.2 Å². The van der Waals surface area contributed by atoms with Crippen LogP contribution in [0, 0.1) is 62.6 Å². The van der Waals surface area contributed by atoms with Crippen LogP contribution >= 0.6 is 11.6 Å². The first-order valence-electron chi connectivity index (χ1n) is 20.8. The van der Waals surface area contributed by atoms with E-state index in [1.807, 2.05) is 24.3 Å². The summed E-state index contributed by atoms with van der Waals surface area (Å²) in [6.07, 6.45) is 5.55. The molecule has 1 aromatic rings. The fourth-order valence-electron chi connectivity index (χ4n) is 12.8. The van der Waals surface area contributed by atoms with Crippen molar-refractivity contribution in [2.75, 3.05) is 6.54 Å². The van der Waals surface area contributed by atoms with E-state index in [4.69, 9.17) is 16.3 Å². The molecule has 0 heterocycles. The number of allylic oxidation sites excluding steroid dienone is 1. The van der Waals surface area contributed by atoms with Crippen molar-refractivity contribution >= 4 is 35.2 Å². The van der Waals surface area contributed by atoms with Gasteiger partial charge in [0.2, 0.25) is 5.91 Å². The predicted octanol–water partition coefficient (Wildman–Crippen LogP) is 9.30. The highest BCUT2D eigenvalue weighted by Gasteiger charge is 2.65. The number of amides is 1. The lowest BCUT2D eigenvalue weighted by atomic mass is 9.39. The van der Waals surface area contributed by atoms with Crippen LogP contribution in [-0.4, -0.2) is 57.5 Å². The SMILES string of the molecule is CC(=O)N(Cc1ccc(Cl)cc1)C[C@H](O)[C@@]12CC[C@@H]3[C@H](CC[C@@H]4[C@H]5C(C)C[C@H](OC(=O)CC(C)(C)C(=O)O)C(C)(C)[C@@H]5CC[C@]43C)C1=C(C(C)(C)C)C(=O)C2. The number of carboxylic acids is 1. The van der Waals surface area contributed by atoms with Crippen molar-refractivity contribution in [2.24, 2.45) is 62.6 Å². The molecule has 55 heavy (non-hydrogen) atoms. The maximum absolute atomic E-state index is 14.3. The molecular formula is C46H66ClNO7. The number of halogens is 1. The van der Waals surface area contributed by atoms with Crippen LogP contribution in [0.4, 0.5) is 0 Å². The zero-order chi connectivity index (χ0) is 40.6. The molecular weight excluding hydrogens is 714 g/mol. The standard InChI is InChI=1S/C46H66ClNO7/c1-26-21-36(55-37(52)23-43(6,7)41(53)54)44(8,9)32-17-19-45(10)31-18-20-46(35(51)25-48(27(2)49)24-28-11-13-29(47)14-12-28)22-34(50)40(42(3,4)5)39(46)30(31)15-16-33(45)38(26)32/h11-14,26,30-33,35-36,38,51H,15-25H2,1-10H3,(H,53,54)/t26?,30-,31+,32+,33+,35-,36-,38-,45-,46-/m0/s1. The number of esters is 1. The molecule has 0 saturated heterocycles. The first-order chi connectivity index (χ1) is 25.4. The van der Waals surface area contributed by atoms with E-state index in [0.717, 1.165) is 56.1 Å². The second kappa shape index (κ2) is 14.6. The highest BCUT2D eigenvalue weighted by Crippen LogP contribution is 2.71. The van der Waals surface area contributed by atoms with Crippen molar-refractivity contribution in [3.8, 4) is 0 Å². The molecule has 2 N–H and O–H groups in total. The molecule has 1 aromatic carbocycles. The van der Waals surface area contributed by atoms with Gasteiger partial charge in [-0.25, -0.2) is 0 Å². The molecule has 9 heteroatoms. The number of rotatable bonds is 9. The van der Waals surface area contributed by atoms with Crippen LogP contribution in [0.3, 0.4) is 0 Å². The van der Waals surface area contributed by atoms with Crippen molar-refractivity contribution in [1.82, 2.24) is 4.90 Å².